The molecule has 3 N–H and O–H groups in total. The van der Waals surface area contributed by atoms with Crippen LogP contribution in [-0.2, 0) is 14.3 Å². The van der Waals surface area contributed by atoms with Gasteiger partial charge in [-0.1, -0.05) is 13.8 Å². The number of methoxy groups -OCH3 is 1. The van der Waals surface area contributed by atoms with Crippen molar-refractivity contribution in [3.8, 4) is 0 Å². The Morgan fingerprint density at radius 3 is 2.50 bits per heavy atom. The Hall–Kier alpha value is -0.650. The molecule has 0 radical (unpaired) electrons. The van der Waals surface area contributed by atoms with Crippen molar-refractivity contribution < 1.29 is 14.3 Å². The van der Waals surface area contributed by atoms with Gasteiger partial charge in [-0.25, -0.2) is 4.99 Å². The number of carbonyl (C=O) groups is 1. The predicted octanol–water partition coefficient (Wildman–Crippen LogP) is 0.279. The Labute approximate surface area is 174 Å². The van der Waals surface area contributed by atoms with Crippen molar-refractivity contribution in [3.63, 3.8) is 0 Å². The molecule has 0 aliphatic carbocycles. The highest BCUT2D eigenvalue weighted by Crippen LogP contribution is 2.12. The van der Waals surface area contributed by atoms with E-state index in [2.05, 4.69) is 39.7 Å². The van der Waals surface area contributed by atoms with Crippen molar-refractivity contribution in [3.05, 3.63) is 0 Å². The van der Waals surface area contributed by atoms with Crippen LogP contribution in [-0.4, -0.2) is 89.0 Å². The molecule has 0 aromatic rings. The average molecular weight is 485 g/mol. The third-order valence-corrected chi connectivity index (χ3v) is 4.12. The third kappa shape index (κ3) is 10.5. The lowest BCUT2D eigenvalue weighted by Gasteiger charge is -2.37. The fourth-order valence-electron chi connectivity index (χ4n) is 2.74. The molecule has 1 rings (SSSR count). The zero-order valence-corrected chi connectivity index (χ0v) is 18.9. The fourth-order valence-corrected chi connectivity index (χ4v) is 2.74. The average Bonchev–Trinajstić information content (AvgIpc) is 2.60. The number of ether oxygens (including phenoxy) is 2. The van der Waals surface area contributed by atoms with Crippen LogP contribution in [0.1, 0.15) is 20.8 Å². The van der Waals surface area contributed by atoms with Gasteiger partial charge in [0, 0.05) is 45.9 Å². The molecule has 1 heterocycles. The van der Waals surface area contributed by atoms with E-state index in [0.29, 0.717) is 31.1 Å². The summed E-state index contributed by atoms with van der Waals surface area (Å²) in [6.45, 7) is 12.6. The van der Waals surface area contributed by atoms with E-state index in [1.165, 1.54) is 0 Å². The van der Waals surface area contributed by atoms with Crippen LogP contribution in [0.5, 0.6) is 0 Å². The monoisotopic (exact) mass is 485 g/mol. The number of carbonyl (C=O) groups excluding carboxylic acids is 1. The molecule has 1 saturated heterocycles. The number of guanidine groups is 1. The minimum atomic E-state index is -0.108. The molecule has 0 spiro atoms. The van der Waals surface area contributed by atoms with Crippen molar-refractivity contribution in [1.29, 1.82) is 0 Å². The maximum absolute atomic E-state index is 11.8. The van der Waals surface area contributed by atoms with Gasteiger partial charge in [-0.3, -0.25) is 9.69 Å². The first-order valence-electron chi connectivity index (χ1n) is 9.18. The van der Waals surface area contributed by atoms with E-state index in [9.17, 15) is 4.79 Å². The summed E-state index contributed by atoms with van der Waals surface area (Å²) in [6.07, 6.45) is 0. The highest BCUT2D eigenvalue weighted by Gasteiger charge is 2.23. The number of nitrogens with one attached hydrogen (secondary N) is 3. The van der Waals surface area contributed by atoms with Crippen LogP contribution in [0.15, 0.2) is 4.99 Å². The van der Waals surface area contributed by atoms with E-state index < -0.39 is 0 Å². The van der Waals surface area contributed by atoms with Crippen molar-refractivity contribution >= 4 is 35.8 Å². The largest absolute Gasteiger partial charge is 0.383 e. The molecule has 26 heavy (non-hydrogen) atoms. The molecule has 0 saturated carbocycles. The number of halogens is 1. The van der Waals surface area contributed by atoms with E-state index in [-0.39, 0.29) is 36.4 Å². The zero-order chi connectivity index (χ0) is 18.5. The first-order valence-corrected chi connectivity index (χ1v) is 9.18. The van der Waals surface area contributed by atoms with Crippen molar-refractivity contribution in [2.45, 2.75) is 26.8 Å². The molecule has 1 unspecified atom stereocenters. The quantitative estimate of drug-likeness (QED) is 0.178. The van der Waals surface area contributed by atoms with Gasteiger partial charge in [0.05, 0.1) is 19.8 Å². The Morgan fingerprint density at radius 1 is 1.23 bits per heavy atom. The zero-order valence-electron chi connectivity index (χ0n) is 16.5. The Bertz CT molecular complexity index is 404. The maximum Gasteiger partial charge on any atom is 0.241 e. The van der Waals surface area contributed by atoms with Gasteiger partial charge in [0.2, 0.25) is 5.91 Å². The second kappa shape index (κ2) is 15.4. The Balaban J connectivity index is 0.00000625. The van der Waals surface area contributed by atoms with Crippen LogP contribution in [0.4, 0.5) is 0 Å². The summed E-state index contributed by atoms with van der Waals surface area (Å²) in [4.78, 5) is 18.6. The first-order chi connectivity index (χ1) is 12.1. The standard InChI is InChI=1S/C17H35N5O3.HI/c1-5-18-17(21-13-16(23)19-6-9-24-4)20-12-15(14(2)3)22-7-10-25-11-8-22;/h14-15H,5-13H2,1-4H3,(H,19,23)(H2,18,20,21);1H. The number of amides is 1. The smallest absolute Gasteiger partial charge is 0.241 e. The molecule has 1 aliphatic rings. The summed E-state index contributed by atoms with van der Waals surface area (Å²) in [5.74, 6) is 1.08. The first kappa shape index (κ1) is 25.4. The predicted molar refractivity (Wildman–Crippen MR) is 115 cm³/mol. The number of nitrogens with zero attached hydrogens (tertiary/aromatic N) is 2. The van der Waals surface area contributed by atoms with Gasteiger partial charge < -0.3 is 25.4 Å². The molecule has 1 atom stereocenters. The second-order valence-corrected chi connectivity index (χ2v) is 6.38. The number of rotatable bonds is 10. The number of hydrogen-bond acceptors (Lipinski definition) is 5. The van der Waals surface area contributed by atoms with E-state index in [1.54, 1.807) is 7.11 Å². The Morgan fingerprint density at radius 2 is 1.92 bits per heavy atom. The summed E-state index contributed by atoms with van der Waals surface area (Å²) in [5.41, 5.74) is 0. The topological polar surface area (TPSA) is 87.2 Å². The third-order valence-electron chi connectivity index (χ3n) is 4.12. The van der Waals surface area contributed by atoms with Crippen LogP contribution < -0.4 is 16.0 Å². The van der Waals surface area contributed by atoms with E-state index in [1.807, 2.05) is 6.92 Å². The lowest BCUT2D eigenvalue weighted by atomic mass is 10.0. The van der Waals surface area contributed by atoms with Crippen LogP contribution >= 0.6 is 24.0 Å². The molecule has 1 fully saturated rings. The molecule has 9 heteroatoms. The molecule has 8 nitrogen and oxygen atoms in total. The number of aliphatic imine (C=N–C) groups is 1. The van der Waals surface area contributed by atoms with E-state index in [4.69, 9.17) is 9.47 Å². The minimum absolute atomic E-state index is 0. The van der Waals surface area contributed by atoms with Crippen molar-refractivity contribution in [2.75, 3.05) is 66.2 Å². The summed E-state index contributed by atoms with van der Waals surface area (Å²) in [7, 11) is 1.61. The molecule has 154 valence electrons. The summed E-state index contributed by atoms with van der Waals surface area (Å²) in [5, 5.41) is 9.33. The molecule has 1 aliphatic heterocycles. The fraction of sp³-hybridized carbons (Fsp3) is 0.882. The summed E-state index contributed by atoms with van der Waals surface area (Å²) in [6, 6.07) is 0.406. The molecule has 0 aromatic carbocycles. The number of hydrogen-bond donors (Lipinski definition) is 3. The molecule has 0 aromatic heterocycles. The van der Waals surface area contributed by atoms with Crippen LogP contribution in [0.3, 0.4) is 0 Å². The SMILES string of the molecule is CCNC(=NCC(=O)NCCOC)NCC(C(C)C)N1CCOCC1.I. The van der Waals surface area contributed by atoms with Gasteiger partial charge in [-0.15, -0.1) is 24.0 Å². The lowest BCUT2D eigenvalue weighted by Crippen LogP contribution is -2.52. The van der Waals surface area contributed by atoms with Gasteiger partial charge in [0.1, 0.15) is 6.54 Å². The van der Waals surface area contributed by atoms with Gasteiger partial charge in [0.25, 0.3) is 0 Å². The lowest BCUT2D eigenvalue weighted by molar-refractivity contribution is -0.119. The normalized spacial score (nSPS) is 16.7. The van der Waals surface area contributed by atoms with Crippen LogP contribution in [0.25, 0.3) is 0 Å². The van der Waals surface area contributed by atoms with E-state index in [0.717, 1.165) is 39.4 Å². The molecular weight excluding hydrogens is 449 g/mol. The highest BCUT2D eigenvalue weighted by molar-refractivity contribution is 14.0. The maximum atomic E-state index is 11.8. The van der Waals surface area contributed by atoms with Gasteiger partial charge in [0.15, 0.2) is 5.96 Å². The van der Waals surface area contributed by atoms with Gasteiger partial charge in [-0.05, 0) is 12.8 Å². The molecule has 1 amide bonds. The minimum Gasteiger partial charge on any atom is -0.383 e. The second-order valence-electron chi connectivity index (χ2n) is 6.38. The van der Waals surface area contributed by atoms with Gasteiger partial charge in [-0.2, -0.15) is 0 Å². The number of morpholine rings is 1. The van der Waals surface area contributed by atoms with E-state index >= 15 is 0 Å². The van der Waals surface area contributed by atoms with Crippen LogP contribution in [0.2, 0.25) is 0 Å². The summed E-state index contributed by atoms with van der Waals surface area (Å²) >= 11 is 0. The van der Waals surface area contributed by atoms with Crippen LogP contribution in [0, 0.1) is 5.92 Å². The Kier molecular flexibility index (Phi) is 15.0. The van der Waals surface area contributed by atoms with Gasteiger partial charge >= 0.3 is 0 Å². The van der Waals surface area contributed by atoms with Crippen molar-refractivity contribution in [2.24, 2.45) is 10.9 Å². The molecular formula is C17H36IN5O3. The van der Waals surface area contributed by atoms with Crippen molar-refractivity contribution in [1.82, 2.24) is 20.9 Å². The summed E-state index contributed by atoms with van der Waals surface area (Å²) < 4.78 is 10.4. The highest BCUT2D eigenvalue weighted by atomic mass is 127. The molecule has 0 bridgehead atoms.